The lowest BCUT2D eigenvalue weighted by atomic mass is 10.1. The van der Waals surface area contributed by atoms with Crippen LogP contribution in [0.3, 0.4) is 0 Å². The van der Waals surface area contributed by atoms with Crippen molar-refractivity contribution in [2.75, 3.05) is 12.3 Å². The molecule has 6 nitrogen and oxygen atoms in total. The largest absolute Gasteiger partial charge is 0.436 e. The van der Waals surface area contributed by atoms with Gasteiger partial charge in [0, 0.05) is 27.8 Å². The van der Waals surface area contributed by atoms with E-state index in [0.29, 0.717) is 41.6 Å². The number of hydrogen-bond acceptors (Lipinski definition) is 5. The number of benzene rings is 3. The van der Waals surface area contributed by atoms with E-state index in [0.717, 1.165) is 15.6 Å². The van der Waals surface area contributed by atoms with Crippen molar-refractivity contribution in [2.24, 2.45) is 0 Å². The molecule has 1 saturated heterocycles. The van der Waals surface area contributed by atoms with Crippen molar-refractivity contribution in [2.45, 2.75) is 25.7 Å². The van der Waals surface area contributed by atoms with Gasteiger partial charge in [-0.1, -0.05) is 28.1 Å². The molecule has 178 valence electrons. The van der Waals surface area contributed by atoms with Crippen molar-refractivity contribution in [3.05, 3.63) is 94.4 Å². The van der Waals surface area contributed by atoms with Gasteiger partial charge in [0.15, 0.2) is 12.0 Å². The molecule has 1 aromatic heterocycles. The molecule has 2 N–H and O–H groups in total. The Morgan fingerprint density at radius 3 is 2.34 bits per heavy atom. The fraction of sp³-hybridized carbons (Fsp3) is 0.185. The first-order valence-electron chi connectivity index (χ1n) is 11.2. The number of anilines is 1. The summed E-state index contributed by atoms with van der Waals surface area (Å²) in [5.41, 5.74) is 9.48. The Morgan fingerprint density at radius 1 is 1.00 bits per heavy atom. The van der Waals surface area contributed by atoms with Crippen LogP contribution in [0.4, 0.5) is 10.1 Å². The molecule has 35 heavy (non-hydrogen) atoms. The molecule has 1 aliphatic heterocycles. The number of nitrogens with zero attached hydrogens (tertiary/aromatic N) is 2. The highest BCUT2D eigenvalue weighted by atomic mass is 79.9. The Balaban J connectivity index is 1.53. The van der Waals surface area contributed by atoms with E-state index in [1.54, 1.807) is 24.0 Å². The number of oxazole rings is 1. The van der Waals surface area contributed by atoms with Gasteiger partial charge < -0.3 is 19.8 Å². The second-order valence-corrected chi connectivity index (χ2v) is 9.32. The maximum Gasteiger partial charge on any atom is 0.253 e. The van der Waals surface area contributed by atoms with Crippen LogP contribution in [0, 0.1) is 5.82 Å². The molecule has 1 fully saturated rings. The molecule has 0 unspecified atom stereocenters. The van der Waals surface area contributed by atoms with Gasteiger partial charge >= 0.3 is 0 Å². The number of rotatable bonds is 6. The van der Waals surface area contributed by atoms with Gasteiger partial charge in [0.25, 0.3) is 5.91 Å². The summed E-state index contributed by atoms with van der Waals surface area (Å²) in [6.07, 6.45) is -0.769. The van der Waals surface area contributed by atoms with Crippen LogP contribution in [0.15, 0.2) is 81.7 Å². The molecule has 4 aromatic rings. The monoisotopic (exact) mass is 535 g/mol. The van der Waals surface area contributed by atoms with E-state index in [4.69, 9.17) is 19.9 Å². The maximum atomic E-state index is 13.6. The molecule has 1 amide bonds. The Bertz CT molecular complexity index is 1340. The molecule has 5 rings (SSSR count). The highest BCUT2D eigenvalue weighted by Gasteiger charge is 2.42. The fourth-order valence-corrected chi connectivity index (χ4v) is 4.33. The van der Waals surface area contributed by atoms with Crippen molar-refractivity contribution in [1.82, 2.24) is 9.88 Å². The summed E-state index contributed by atoms with van der Waals surface area (Å²) in [5.74, 6) is 0.320. The van der Waals surface area contributed by atoms with E-state index in [-0.39, 0.29) is 11.7 Å². The standard InChI is InChI=1S/C27H23BrFN3O3/c1-16-26(33)32(15-14-17-2-12-22(30)13-3-17)27(34-16)24-23(18-6-10-21(29)11-7-18)31-25(35-24)19-4-8-20(28)9-5-19/h2-13,16,27H,14-15,30H2,1H3/t16-,27+/m1/s1. The average Bonchev–Trinajstić information content (AvgIpc) is 3.41. The highest BCUT2D eigenvalue weighted by molar-refractivity contribution is 9.10. The quantitative estimate of drug-likeness (QED) is 0.307. The van der Waals surface area contributed by atoms with Crippen LogP contribution in [-0.2, 0) is 16.0 Å². The normalized spacial score (nSPS) is 17.8. The molecular weight excluding hydrogens is 513 g/mol. The third-order valence-electron chi connectivity index (χ3n) is 5.95. The van der Waals surface area contributed by atoms with Crippen molar-refractivity contribution in [3.8, 4) is 22.7 Å². The fourth-order valence-electron chi connectivity index (χ4n) is 4.07. The lowest BCUT2D eigenvalue weighted by molar-refractivity contribution is -0.130. The average molecular weight is 536 g/mol. The topological polar surface area (TPSA) is 81.6 Å². The number of nitrogens with two attached hydrogens (primary N) is 1. The lowest BCUT2D eigenvalue weighted by Gasteiger charge is -2.22. The minimum atomic E-state index is -0.761. The van der Waals surface area contributed by atoms with E-state index >= 15 is 0 Å². The van der Waals surface area contributed by atoms with E-state index < -0.39 is 12.3 Å². The number of aromatic nitrogens is 1. The summed E-state index contributed by atoms with van der Waals surface area (Å²) in [6, 6.07) is 21.1. The Morgan fingerprint density at radius 2 is 1.66 bits per heavy atom. The minimum Gasteiger partial charge on any atom is -0.436 e. The van der Waals surface area contributed by atoms with Gasteiger partial charge in [-0.25, -0.2) is 9.37 Å². The molecular formula is C27H23BrFN3O3. The van der Waals surface area contributed by atoms with Crippen molar-refractivity contribution in [1.29, 1.82) is 0 Å². The number of carbonyl (C=O) groups excluding carboxylic acids is 1. The third-order valence-corrected chi connectivity index (χ3v) is 6.48. The van der Waals surface area contributed by atoms with Crippen LogP contribution in [0.25, 0.3) is 22.7 Å². The van der Waals surface area contributed by atoms with Gasteiger partial charge in [-0.15, -0.1) is 0 Å². The van der Waals surface area contributed by atoms with E-state index in [9.17, 15) is 9.18 Å². The second-order valence-electron chi connectivity index (χ2n) is 8.40. The van der Waals surface area contributed by atoms with Crippen LogP contribution >= 0.6 is 15.9 Å². The third kappa shape index (κ3) is 4.85. The van der Waals surface area contributed by atoms with Gasteiger partial charge in [0.2, 0.25) is 5.89 Å². The predicted molar refractivity (Wildman–Crippen MR) is 135 cm³/mol. The molecule has 3 aromatic carbocycles. The molecule has 0 saturated carbocycles. The summed E-state index contributed by atoms with van der Waals surface area (Å²) in [4.78, 5) is 19.4. The molecule has 0 spiro atoms. The SMILES string of the molecule is C[C@H]1O[C@@H](c2oc(-c3ccc(Br)cc3)nc2-c2ccc(F)cc2)N(CCc2ccc(N)cc2)C1=O. The summed E-state index contributed by atoms with van der Waals surface area (Å²) in [7, 11) is 0. The zero-order chi connectivity index (χ0) is 24.5. The predicted octanol–water partition coefficient (Wildman–Crippen LogP) is 5.98. The summed E-state index contributed by atoms with van der Waals surface area (Å²) < 4.78 is 26.9. The van der Waals surface area contributed by atoms with Crippen LogP contribution in [0.2, 0.25) is 0 Å². The second kappa shape index (κ2) is 9.64. The van der Waals surface area contributed by atoms with Crippen LogP contribution < -0.4 is 5.73 Å². The smallest absolute Gasteiger partial charge is 0.253 e. The molecule has 2 heterocycles. The number of nitrogen functional groups attached to an aromatic ring is 1. The lowest BCUT2D eigenvalue weighted by Crippen LogP contribution is -2.32. The molecule has 8 heteroatoms. The van der Waals surface area contributed by atoms with E-state index in [1.165, 1.54) is 12.1 Å². The van der Waals surface area contributed by atoms with Crippen molar-refractivity contribution in [3.63, 3.8) is 0 Å². The van der Waals surface area contributed by atoms with Crippen molar-refractivity contribution >= 4 is 27.5 Å². The van der Waals surface area contributed by atoms with E-state index in [1.807, 2.05) is 48.5 Å². The number of carbonyl (C=O) groups is 1. The molecule has 0 aliphatic carbocycles. The highest BCUT2D eigenvalue weighted by Crippen LogP contribution is 2.39. The maximum absolute atomic E-state index is 13.6. The van der Waals surface area contributed by atoms with Gasteiger partial charge in [0.05, 0.1) is 0 Å². The zero-order valence-electron chi connectivity index (χ0n) is 18.9. The summed E-state index contributed by atoms with van der Waals surface area (Å²) in [6.45, 7) is 2.15. The number of hydrogen-bond donors (Lipinski definition) is 1. The minimum absolute atomic E-state index is 0.128. The number of halogens is 2. The number of ether oxygens (including phenoxy) is 1. The zero-order valence-corrected chi connectivity index (χ0v) is 20.5. The Labute approximate surface area is 210 Å². The molecule has 2 atom stereocenters. The molecule has 0 radical (unpaired) electrons. The summed E-state index contributed by atoms with van der Waals surface area (Å²) in [5, 5.41) is 0. The molecule has 0 bridgehead atoms. The first-order valence-corrected chi connectivity index (χ1v) is 12.0. The number of amides is 1. The summed E-state index contributed by atoms with van der Waals surface area (Å²) >= 11 is 3.44. The Hall–Kier alpha value is -3.49. The first-order chi connectivity index (χ1) is 16.9. The van der Waals surface area contributed by atoms with Gasteiger partial charge in [-0.3, -0.25) is 4.79 Å². The Kier molecular flexibility index (Phi) is 6.40. The van der Waals surface area contributed by atoms with Crippen molar-refractivity contribution < 1.29 is 18.3 Å². The van der Waals surface area contributed by atoms with Gasteiger partial charge in [-0.2, -0.15) is 0 Å². The first kappa shape index (κ1) is 23.3. The van der Waals surface area contributed by atoms with Crippen LogP contribution in [-0.4, -0.2) is 28.4 Å². The van der Waals surface area contributed by atoms with Gasteiger partial charge in [0.1, 0.15) is 17.6 Å². The van der Waals surface area contributed by atoms with Crippen LogP contribution in [0.5, 0.6) is 0 Å². The van der Waals surface area contributed by atoms with Gasteiger partial charge in [-0.05, 0) is 79.6 Å². The van der Waals surface area contributed by atoms with E-state index in [2.05, 4.69) is 15.9 Å². The van der Waals surface area contributed by atoms with Crippen LogP contribution in [0.1, 0.15) is 24.5 Å². The molecule has 1 aliphatic rings.